The zero-order chi connectivity index (χ0) is 11.3. The van der Waals surface area contributed by atoms with Crippen molar-refractivity contribution in [1.82, 2.24) is 9.97 Å². The molecule has 0 saturated heterocycles. The second kappa shape index (κ2) is 6.27. The van der Waals surface area contributed by atoms with Crippen LogP contribution in [-0.2, 0) is 6.61 Å². The van der Waals surface area contributed by atoms with Gasteiger partial charge in [0.05, 0.1) is 6.61 Å². The summed E-state index contributed by atoms with van der Waals surface area (Å²) in [5.74, 6) is 0.868. The van der Waals surface area contributed by atoms with Crippen LogP contribution in [-0.4, -0.2) is 26.9 Å². The first-order valence-electron chi connectivity index (χ1n) is 4.64. The molecule has 15 heavy (non-hydrogen) atoms. The fourth-order valence-corrected chi connectivity index (χ4v) is 2.08. The second-order valence-electron chi connectivity index (χ2n) is 3.24. The van der Waals surface area contributed by atoms with E-state index < -0.39 is 0 Å². The van der Waals surface area contributed by atoms with Gasteiger partial charge in [0.15, 0.2) is 5.16 Å². The van der Waals surface area contributed by atoms with Gasteiger partial charge in [0, 0.05) is 23.6 Å². The Morgan fingerprint density at radius 2 is 2.40 bits per heavy atom. The Labute approximate surface area is 98.3 Å². The number of hydrogen-bond donors (Lipinski definition) is 2. The molecule has 0 amide bonds. The van der Waals surface area contributed by atoms with Crippen LogP contribution >= 0.6 is 23.4 Å². The predicted octanol–water partition coefficient (Wildman–Crippen LogP) is 1.45. The van der Waals surface area contributed by atoms with Gasteiger partial charge in [0.2, 0.25) is 0 Å². The van der Waals surface area contributed by atoms with Crippen molar-refractivity contribution < 1.29 is 5.11 Å². The quantitative estimate of drug-likeness (QED) is 0.468. The summed E-state index contributed by atoms with van der Waals surface area (Å²) in [5.41, 5.74) is 6.17. The zero-order valence-electron chi connectivity index (χ0n) is 8.48. The number of halogens is 1. The number of nitrogens with two attached hydrogens (primary N) is 1. The molecule has 84 valence electrons. The number of thioether (sulfide) groups is 1. The van der Waals surface area contributed by atoms with Crippen LogP contribution in [0.4, 0.5) is 0 Å². The van der Waals surface area contributed by atoms with Crippen LogP contribution in [0.1, 0.15) is 18.9 Å². The van der Waals surface area contributed by atoms with E-state index in [1.54, 1.807) is 6.20 Å². The maximum atomic E-state index is 8.87. The fraction of sp³-hybridized carbons (Fsp3) is 0.556. The van der Waals surface area contributed by atoms with Gasteiger partial charge in [-0.1, -0.05) is 23.4 Å². The third-order valence-electron chi connectivity index (χ3n) is 1.76. The minimum atomic E-state index is -0.135. The van der Waals surface area contributed by atoms with Gasteiger partial charge in [-0.3, -0.25) is 0 Å². The normalized spacial score (nSPS) is 12.8. The minimum absolute atomic E-state index is 0.135. The number of aliphatic hydroxyl groups excluding tert-OH is 1. The highest BCUT2D eigenvalue weighted by atomic mass is 35.5. The molecule has 0 saturated carbocycles. The van der Waals surface area contributed by atoms with Gasteiger partial charge in [-0.15, -0.1) is 0 Å². The lowest BCUT2D eigenvalue weighted by Gasteiger charge is -2.04. The number of aliphatic hydroxyl groups is 1. The van der Waals surface area contributed by atoms with E-state index in [0.29, 0.717) is 15.9 Å². The maximum absolute atomic E-state index is 8.87. The summed E-state index contributed by atoms with van der Waals surface area (Å²) < 4.78 is 0. The van der Waals surface area contributed by atoms with Crippen LogP contribution in [0.15, 0.2) is 11.4 Å². The summed E-state index contributed by atoms with van der Waals surface area (Å²) in [5, 5.41) is 9.81. The number of rotatable bonds is 5. The molecule has 0 fully saturated rings. The largest absolute Gasteiger partial charge is 0.392 e. The molecule has 1 unspecified atom stereocenters. The SMILES string of the molecule is CC(N)CCSc1ncc(CO)c(Cl)n1. The van der Waals surface area contributed by atoms with Crippen LogP contribution < -0.4 is 5.73 Å². The number of hydrogen-bond acceptors (Lipinski definition) is 5. The summed E-state index contributed by atoms with van der Waals surface area (Å²) in [6.07, 6.45) is 2.46. The van der Waals surface area contributed by atoms with Crippen molar-refractivity contribution in [3.63, 3.8) is 0 Å². The van der Waals surface area contributed by atoms with Gasteiger partial charge < -0.3 is 10.8 Å². The first kappa shape index (κ1) is 12.7. The highest BCUT2D eigenvalue weighted by Crippen LogP contribution is 2.19. The minimum Gasteiger partial charge on any atom is -0.392 e. The molecule has 1 rings (SSSR count). The molecular formula is C9H14ClN3OS. The smallest absolute Gasteiger partial charge is 0.188 e. The molecule has 1 aromatic heterocycles. The van der Waals surface area contributed by atoms with Gasteiger partial charge in [-0.2, -0.15) is 0 Å². The molecule has 0 aromatic carbocycles. The predicted molar refractivity (Wildman–Crippen MR) is 62.0 cm³/mol. The monoisotopic (exact) mass is 247 g/mol. The molecule has 6 heteroatoms. The first-order chi connectivity index (χ1) is 7.13. The summed E-state index contributed by atoms with van der Waals surface area (Å²) in [7, 11) is 0. The molecule has 0 aliphatic rings. The zero-order valence-corrected chi connectivity index (χ0v) is 10.1. The van der Waals surface area contributed by atoms with Crippen molar-refractivity contribution in [2.24, 2.45) is 5.73 Å². The van der Waals surface area contributed by atoms with E-state index in [0.717, 1.165) is 12.2 Å². The van der Waals surface area contributed by atoms with Crippen molar-refractivity contribution in [3.8, 4) is 0 Å². The average molecular weight is 248 g/mol. The van der Waals surface area contributed by atoms with E-state index in [9.17, 15) is 0 Å². The molecule has 0 spiro atoms. The third-order valence-corrected chi connectivity index (χ3v) is 2.99. The lowest BCUT2D eigenvalue weighted by molar-refractivity contribution is 0.280. The molecular weight excluding hydrogens is 234 g/mol. The Balaban J connectivity index is 2.52. The van der Waals surface area contributed by atoms with E-state index in [2.05, 4.69) is 9.97 Å². The molecule has 3 N–H and O–H groups in total. The van der Waals surface area contributed by atoms with E-state index >= 15 is 0 Å². The Bertz CT molecular complexity index is 322. The van der Waals surface area contributed by atoms with Crippen molar-refractivity contribution in [1.29, 1.82) is 0 Å². The Morgan fingerprint density at radius 1 is 1.67 bits per heavy atom. The molecule has 0 aliphatic carbocycles. The van der Waals surface area contributed by atoms with Gasteiger partial charge >= 0.3 is 0 Å². The van der Waals surface area contributed by atoms with Crippen molar-refractivity contribution in [2.75, 3.05) is 5.75 Å². The highest BCUT2D eigenvalue weighted by Gasteiger charge is 2.04. The molecule has 4 nitrogen and oxygen atoms in total. The average Bonchev–Trinajstić information content (AvgIpc) is 2.17. The summed E-state index contributed by atoms with van der Waals surface area (Å²) in [6, 6.07) is 0.185. The molecule has 0 radical (unpaired) electrons. The van der Waals surface area contributed by atoms with Crippen LogP contribution in [0.3, 0.4) is 0 Å². The van der Waals surface area contributed by atoms with Crippen LogP contribution in [0.2, 0.25) is 5.15 Å². The first-order valence-corrected chi connectivity index (χ1v) is 6.00. The third kappa shape index (κ3) is 4.34. The lowest BCUT2D eigenvalue weighted by Crippen LogP contribution is -2.15. The van der Waals surface area contributed by atoms with Crippen LogP contribution in [0, 0.1) is 0 Å². The van der Waals surface area contributed by atoms with Crippen LogP contribution in [0.5, 0.6) is 0 Å². The van der Waals surface area contributed by atoms with Crippen molar-refractivity contribution in [2.45, 2.75) is 31.1 Å². The number of nitrogens with zero attached hydrogens (tertiary/aromatic N) is 2. The summed E-state index contributed by atoms with van der Waals surface area (Å²) in [6.45, 7) is 1.83. The van der Waals surface area contributed by atoms with Crippen molar-refractivity contribution >= 4 is 23.4 Å². The van der Waals surface area contributed by atoms with E-state index in [1.807, 2.05) is 6.92 Å². The van der Waals surface area contributed by atoms with E-state index in [-0.39, 0.29) is 12.6 Å². The van der Waals surface area contributed by atoms with Gasteiger partial charge in [-0.05, 0) is 13.3 Å². The van der Waals surface area contributed by atoms with Crippen molar-refractivity contribution in [3.05, 3.63) is 16.9 Å². The molecule has 0 aliphatic heterocycles. The second-order valence-corrected chi connectivity index (χ2v) is 4.66. The lowest BCUT2D eigenvalue weighted by atomic mass is 10.3. The molecule has 1 aromatic rings. The van der Waals surface area contributed by atoms with E-state index in [4.69, 9.17) is 22.4 Å². The summed E-state index contributed by atoms with van der Waals surface area (Å²) in [4.78, 5) is 8.13. The summed E-state index contributed by atoms with van der Waals surface area (Å²) >= 11 is 7.34. The van der Waals surface area contributed by atoms with Crippen LogP contribution in [0.25, 0.3) is 0 Å². The Hall–Kier alpha value is -0.360. The Kier molecular flexibility index (Phi) is 5.31. The van der Waals surface area contributed by atoms with E-state index in [1.165, 1.54) is 11.8 Å². The van der Waals surface area contributed by atoms with Gasteiger partial charge in [-0.25, -0.2) is 9.97 Å². The molecule has 0 bridgehead atoms. The van der Waals surface area contributed by atoms with Gasteiger partial charge in [0.25, 0.3) is 0 Å². The van der Waals surface area contributed by atoms with Gasteiger partial charge in [0.1, 0.15) is 5.15 Å². The topological polar surface area (TPSA) is 72.0 Å². The fourth-order valence-electron chi connectivity index (χ4n) is 0.883. The molecule has 1 heterocycles. The standard InChI is InChI=1S/C9H14ClN3OS/c1-6(11)2-3-15-9-12-4-7(5-14)8(10)13-9/h4,6,14H,2-3,5,11H2,1H3. The Morgan fingerprint density at radius 3 is 2.93 bits per heavy atom. The maximum Gasteiger partial charge on any atom is 0.188 e. The highest BCUT2D eigenvalue weighted by molar-refractivity contribution is 7.99. The number of aromatic nitrogens is 2. The molecule has 1 atom stereocenters.